The van der Waals surface area contributed by atoms with E-state index in [1.165, 1.54) is 38.0 Å². The summed E-state index contributed by atoms with van der Waals surface area (Å²) in [5, 5.41) is 18.8. The molecule has 5 nitrogen and oxygen atoms in total. The second-order valence-electron chi connectivity index (χ2n) is 12.6. The largest absolute Gasteiger partial charge is 0.362 e. The van der Waals surface area contributed by atoms with Crippen LogP contribution in [0, 0.1) is 5.41 Å². The first kappa shape index (κ1) is 23.1. The first-order chi connectivity index (χ1) is 18.7. The lowest BCUT2D eigenvalue weighted by molar-refractivity contribution is -0.704. The first-order valence-electron chi connectivity index (χ1n) is 13.7. The molecule has 1 aliphatic heterocycles. The maximum Gasteiger partial charge on any atom is 0.289 e. The fourth-order valence-corrected chi connectivity index (χ4v) is 7.34. The minimum Gasteiger partial charge on any atom is -0.362 e. The summed E-state index contributed by atoms with van der Waals surface area (Å²) in [7, 11) is 3.75. The molecule has 6 aromatic rings. The Morgan fingerprint density at radius 2 is 1.67 bits per heavy atom. The molecule has 0 bridgehead atoms. The second kappa shape index (κ2) is 7.44. The topological polar surface area (TPSA) is 51.2 Å². The zero-order valence-corrected chi connectivity index (χ0v) is 23.0. The van der Waals surface area contributed by atoms with Crippen LogP contribution in [0.4, 0.5) is 0 Å². The van der Waals surface area contributed by atoms with Gasteiger partial charge in [-0.1, -0.05) is 69.3 Å². The minimum atomic E-state index is -1.26. The lowest BCUT2D eigenvalue weighted by Gasteiger charge is -2.20. The summed E-state index contributed by atoms with van der Waals surface area (Å²) in [6.07, 6.45) is 2.87. The summed E-state index contributed by atoms with van der Waals surface area (Å²) in [5.41, 5.74) is 7.07. The summed E-state index contributed by atoms with van der Waals surface area (Å²) < 4.78 is 10.2. The predicted octanol–water partition coefficient (Wildman–Crippen LogP) is 6.56. The number of hydrogen-bond acceptors (Lipinski definition) is 3. The SMILES string of the molecule is COC1(O)C2c3cc4ccccc4cc3-c3c4c5c6ccccc6cc(CC(C)(C)C)c5n(C)c4nc[n+]3C21. The molecule has 1 fully saturated rings. The number of nitrogens with zero attached hydrogens (tertiary/aromatic N) is 3. The maximum absolute atomic E-state index is 11.6. The van der Waals surface area contributed by atoms with Crippen LogP contribution in [-0.4, -0.2) is 27.6 Å². The van der Waals surface area contributed by atoms with Gasteiger partial charge in [0.1, 0.15) is 11.1 Å². The second-order valence-corrected chi connectivity index (χ2v) is 12.6. The fourth-order valence-electron chi connectivity index (χ4n) is 7.34. The Kier molecular flexibility index (Phi) is 4.41. The van der Waals surface area contributed by atoms with E-state index < -0.39 is 5.79 Å². The number of benzene rings is 4. The van der Waals surface area contributed by atoms with E-state index in [2.05, 4.69) is 104 Å². The van der Waals surface area contributed by atoms with Gasteiger partial charge in [0.15, 0.2) is 6.04 Å². The van der Waals surface area contributed by atoms with Gasteiger partial charge in [-0.25, -0.2) is 4.57 Å². The molecule has 3 unspecified atom stereocenters. The molecule has 1 saturated carbocycles. The van der Waals surface area contributed by atoms with Gasteiger partial charge in [-0.15, -0.1) is 0 Å². The van der Waals surface area contributed by atoms with Crippen molar-refractivity contribution in [2.75, 3.05) is 7.11 Å². The van der Waals surface area contributed by atoms with Crippen molar-refractivity contribution in [1.82, 2.24) is 9.55 Å². The highest BCUT2D eigenvalue weighted by atomic mass is 16.6. The van der Waals surface area contributed by atoms with Crippen LogP contribution in [0.15, 0.2) is 73.1 Å². The van der Waals surface area contributed by atoms with Gasteiger partial charge >= 0.3 is 0 Å². The van der Waals surface area contributed by atoms with Gasteiger partial charge in [0.25, 0.3) is 12.0 Å². The molecule has 3 heterocycles. The van der Waals surface area contributed by atoms with Crippen molar-refractivity contribution in [3.63, 3.8) is 0 Å². The Labute approximate surface area is 227 Å². The summed E-state index contributed by atoms with van der Waals surface area (Å²) in [5.74, 6) is -1.39. The maximum atomic E-state index is 11.6. The van der Waals surface area contributed by atoms with Crippen LogP contribution in [-0.2, 0) is 18.2 Å². The summed E-state index contributed by atoms with van der Waals surface area (Å²) in [6, 6.07) is 23.9. The van der Waals surface area contributed by atoms with Crippen LogP contribution in [0.3, 0.4) is 0 Å². The molecule has 0 amide bonds. The molecule has 5 heteroatoms. The van der Waals surface area contributed by atoms with Crippen LogP contribution in [0.25, 0.3) is 54.7 Å². The third-order valence-corrected chi connectivity index (χ3v) is 8.96. The zero-order chi connectivity index (χ0) is 26.8. The average molecular weight is 515 g/mol. The van der Waals surface area contributed by atoms with Gasteiger partial charge in [0.05, 0.1) is 11.4 Å². The van der Waals surface area contributed by atoms with Crippen LogP contribution in [0.2, 0.25) is 0 Å². The lowest BCUT2D eigenvalue weighted by atomic mass is 9.85. The Bertz CT molecular complexity index is 2020. The summed E-state index contributed by atoms with van der Waals surface area (Å²) in [4.78, 5) is 5.05. The molecule has 194 valence electrons. The summed E-state index contributed by atoms with van der Waals surface area (Å²) >= 11 is 0. The van der Waals surface area contributed by atoms with Crippen molar-refractivity contribution in [1.29, 1.82) is 0 Å². The number of ether oxygens (including phenoxy) is 1. The number of fused-ring (bicyclic) bond motifs is 13. The molecule has 0 radical (unpaired) electrons. The third kappa shape index (κ3) is 2.97. The first-order valence-corrected chi connectivity index (χ1v) is 13.7. The molecule has 8 rings (SSSR count). The van der Waals surface area contributed by atoms with Crippen LogP contribution < -0.4 is 4.57 Å². The van der Waals surface area contributed by atoms with Crippen molar-refractivity contribution in [2.45, 2.75) is 44.9 Å². The van der Waals surface area contributed by atoms with E-state index in [0.29, 0.717) is 0 Å². The number of methoxy groups -OCH3 is 1. The third-order valence-electron chi connectivity index (χ3n) is 8.96. The molecular weight excluding hydrogens is 482 g/mol. The highest BCUT2D eigenvalue weighted by Gasteiger charge is 2.73. The van der Waals surface area contributed by atoms with Crippen molar-refractivity contribution >= 4 is 43.5 Å². The molecule has 0 spiro atoms. The average Bonchev–Trinajstić information content (AvgIpc) is 3.43. The van der Waals surface area contributed by atoms with Crippen LogP contribution in [0.1, 0.15) is 43.9 Å². The van der Waals surface area contributed by atoms with Crippen molar-refractivity contribution in [3.05, 3.63) is 84.2 Å². The van der Waals surface area contributed by atoms with E-state index in [9.17, 15) is 5.11 Å². The molecule has 39 heavy (non-hydrogen) atoms. The quantitative estimate of drug-likeness (QED) is 0.210. The zero-order valence-electron chi connectivity index (χ0n) is 23.0. The number of aliphatic hydroxyl groups is 1. The Balaban J connectivity index is 1.59. The molecule has 1 N–H and O–H groups in total. The standard InChI is InChI=1S/C34H32N3O2/c1-33(2,3)17-22-14-21-12-8-9-13-23(21)26-27-30-25-16-20-11-7-6-10-19(20)15-24(25)28-31(34(28,38)39-5)37(30)18-35-32(27)36(4)29(22)26/h6-16,18,28,31,38H,17H2,1-5H3/q+1. The van der Waals surface area contributed by atoms with E-state index in [4.69, 9.17) is 9.72 Å². The Morgan fingerprint density at radius 1 is 0.974 bits per heavy atom. The predicted molar refractivity (Wildman–Crippen MR) is 156 cm³/mol. The number of hydrogen-bond donors (Lipinski definition) is 1. The minimum absolute atomic E-state index is 0.134. The van der Waals surface area contributed by atoms with Gasteiger partial charge in [0.2, 0.25) is 5.79 Å². The monoisotopic (exact) mass is 514 g/mol. The van der Waals surface area contributed by atoms with Crippen molar-refractivity contribution in [2.24, 2.45) is 12.5 Å². The van der Waals surface area contributed by atoms with Gasteiger partial charge < -0.3 is 14.4 Å². The molecule has 4 aromatic carbocycles. The molecular formula is C34H32N3O2+. The molecule has 1 aliphatic carbocycles. The van der Waals surface area contributed by atoms with Gasteiger partial charge in [-0.05, 0) is 67.7 Å². The highest BCUT2D eigenvalue weighted by Crippen LogP contribution is 2.63. The molecule has 2 aromatic heterocycles. The van der Waals surface area contributed by atoms with E-state index in [1.807, 2.05) is 6.33 Å². The van der Waals surface area contributed by atoms with E-state index in [-0.39, 0.29) is 17.4 Å². The Morgan fingerprint density at radius 3 is 2.38 bits per heavy atom. The van der Waals surface area contributed by atoms with Crippen LogP contribution >= 0.6 is 0 Å². The Hall–Kier alpha value is -3.80. The van der Waals surface area contributed by atoms with Crippen LogP contribution in [0.5, 0.6) is 0 Å². The van der Waals surface area contributed by atoms with E-state index in [1.54, 1.807) is 7.11 Å². The number of rotatable bonds is 2. The van der Waals surface area contributed by atoms with Crippen molar-refractivity contribution < 1.29 is 14.4 Å². The molecule has 3 atom stereocenters. The summed E-state index contributed by atoms with van der Waals surface area (Å²) in [6.45, 7) is 6.90. The highest BCUT2D eigenvalue weighted by molar-refractivity contribution is 6.24. The lowest BCUT2D eigenvalue weighted by Crippen LogP contribution is -2.41. The normalized spacial score (nSPS) is 21.9. The smallest absolute Gasteiger partial charge is 0.289 e. The number of aromatic nitrogens is 3. The van der Waals surface area contributed by atoms with Gasteiger partial charge in [-0.3, -0.25) is 0 Å². The van der Waals surface area contributed by atoms with E-state index >= 15 is 0 Å². The van der Waals surface area contributed by atoms with E-state index in [0.717, 1.165) is 34.3 Å². The van der Waals surface area contributed by atoms with Crippen molar-refractivity contribution in [3.8, 4) is 11.3 Å². The fraction of sp³-hybridized carbons (Fsp3) is 0.294. The van der Waals surface area contributed by atoms with Gasteiger partial charge in [0, 0.05) is 25.1 Å². The molecule has 0 saturated heterocycles. The van der Waals surface area contributed by atoms with Gasteiger partial charge in [-0.2, -0.15) is 0 Å². The number of aryl methyl sites for hydroxylation is 1. The molecule has 2 aliphatic rings.